The number of hydrogen-bond acceptors (Lipinski definition) is 11. The largest absolute Gasteiger partial charge is 0.485 e. The Labute approximate surface area is 306 Å². The topological polar surface area (TPSA) is 150 Å². The molecule has 3 aromatic heterocycles. The van der Waals surface area contributed by atoms with Crippen LogP contribution in [-0.4, -0.2) is 37.1 Å². The van der Waals surface area contributed by atoms with Gasteiger partial charge in [0.1, 0.15) is 62.4 Å². The van der Waals surface area contributed by atoms with Gasteiger partial charge in [-0.3, -0.25) is 4.98 Å². The highest BCUT2D eigenvalue weighted by atomic mass is 32.1. The second-order valence-corrected chi connectivity index (χ2v) is 13.7. The molecule has 0 fully saturated rings. The van der Waals surface area contributed by atoms with E-state index in [0.717, 1.165) is 64.6 Å². The number of hydrogen-bond donors (Lipinski definition) is 2. The molecule has 2 aliphatic heterocycles. The van der Waals surface area contributed by atoms with Gasteiger partial charge in [-0.05, 0) is 97.5 Å². The van der Waals surface area contributed by atoms with Gasteiger partial charge in [-0.2, -0.15) is 0 Å². The van der Waals surface area contributed by atoms with Gasteiger partial charge in [-0.25, -0.2) is 32.7 Å². The Morgan fingerprint density at radius 2 is 1.25 bits per heavy atom. The van der Waals surface area contributed by atoms with Crippen LogP contribution in [0.2, 0.25) is 0 Å². The first-order chi connectivity index (χ1) is 25.6. The predicted molar refractivity (Wildman–Crippen MR) is 185 cm³/mol. The Bertz CT molecular complexity index is 2320. The summed E-state index contributed by atoms with van der Waals surface area (Å²) in [5.74, 6) is -1.13. The summed E-state index contributed by atoms with van der Waals surface area (Å²) in [7, 11) is 0. The summed E-state index contributed by atoms with van der Waals surface area (Å²) < 4.78 is 63.8. The Morgan fingerprint density at radius 3 is 1.79 bits per heavy atom. The lowest BCUT2D eigenvalue weighted by Gasteiger charge is -2.27. The third-order valence-electron chi connectivity index (χ3n) is 8.16. The Kier molecular flexibility index (Phi) is 10.2. The van der Waals surface area contributed by atoms with Gasteiger partial charge >= 0.3 is 11.9 Å². The van der Waals surface area contributed by atoms with E-state index in [1.54, 1.807) is 36.5 Å². The van der Waals surface area contributed by atoms with Crippen LogP contribution in [0, 0.1) is 17.5 Å². The van der Waals surface area contributed by atoms with Crippen LogP contribution in [-0.2, 0) is 12.8 Å². The Morgan fingerprint density at radius 1 is 0.679 bits per heavy atom. The van der Waals surface area contributed by atoms with E-state index in [-0.39, 0.29) is 37.6 Å². The summed E-state index contributed by atoms with van der Waals surface area (Å²) in [5, 5.41) is 18.3. The predicted octanol–water partition coefficient (Wildman–Crippen LogP) is 9.21. The van der Waals surface area contributed by atoms with E-state index in [1.807, 2.05) is 6.07 Å². The van der Waals surface area contributed by atoms with Crippen molar-refractivity contribution < 1.29 is 51.9 Å². The molecule has 6 aromatic rings. The number of rotatable bonds is 8. The van der Waals surface area contributed by atoms with Crippen molar-refractivity contribution in [1.82, 2.24) is 15.0 Å². The SMILES string of the molecule is O=C(O)c1cnc(Oc2ccc3c(c2)CCC(c2cc(F)ccc2F)O3)s1.O=C(O)c1cnc(Oc2ccc3c(c2)CCC(c2cncc(F)c2)O3)s1. The molecule has 11 nitrogen and oxygen atoms in total. The molecule has 2 atom stereocenters. The fraction of sp³-hybridized carbons (Fsp3) is 0.162. The lowest BCUT2D eigenvalue weighted by Crippen LogP contribution is -2.16. The normalized spacial score (nSPS) is 15.8. The summed E-state index contributed by atoms with van der Waals surface area (Å²) in [5.41, 5.74) is 2.75. The van der Waals surface area contributed by atoms with E-state index < -0.39 is 29.7 Å². The van der Waals surface area contributed by atoms with Crippen LogP contribution < -0.4 is 18.9 Å². The molecule has 53 heavy (non-hydrogen) atoms. The molecule has 2 N–H and O–H groups in total. The molecule has 2 aliphatic rings. The lowest BCUT2D eigenvalue weighted by molar-refractivity contribution is 0.0691. The molecule has 0 saturated heterocycles. The molecule has 2 unspecified atom stereocenters. The number of carboxylic acid groups (broad SMARTS) is 2. The zero-order valence-electron chi connectivity index (χ0n) is 27.2. The molecule has 270 valence electrons. The third kappa shape index (κ3) is 8.39. The van der Waals surface area contributed by atoms with Crippen LogP contribution >= 0.6 is 22.7 Å². The fourth-order valence-corrected chi connectivity index (χ4v) is 6.93. The van der Waals surface area contributed by atoms with E-state index in [9.17, 15) is 22.8 Å². The zero-order chi connectivity index (χ0) is 37.1. The van der Waals surface area contributed by atoms with Crippen molar-refractivity contribution in [3.05, 3.63) is 135 Å². The minimum atomic E-state index is -1.06. The minimum Gasteiger partial charge on any atom is -0.485 e. The van der Waals surface area contributed by atoms with Crippen molar-refractivity contribution in [2.75, 3.05) is 0 Å². The van der Waals surface area contributed by atoms with Crippen molar-refractivity contribution in [3.8, 4) is 33.4 Å². The molecule has 16 heteroatoms. The molecule has 0 aliphatic carbocycles. The van der Waals surface area contributed by atoms with Gasteiger partial charge < -0.3 is 29.2 Å². The number of nitrogens with zero attached hydrogens (tertiary/aromatic N) is 3. The molecule has 0 spiro atoms. The van der Waals surface area contributed by atoms with Gasteiger partial charge in [0.05, 0.1) is 18.6 Å². The number of thiazole rings is 2. The van der Waals surface area contributed by atoms with Crippen molar-refractivity contribution in [2.24, 2.45) is 0 Å². The highest BCUT2D eigenvalue weighted by Gasteiger charge is 2.26. The van der Waals surface area contributed by atoms with Crippen molar-refractivity contribution in [2.45, 2.75) is 37.9 Å². The number of aryl methyl sites for hydroxylation is 2. The van der Waals surface area contributed by atoms with Crippen LogP contribution in [0.1, 0.15) is 66.6 Å². The number of carbonyl (C=O) groups is 2. The summed E-state index contributed by atoms with van der Waals surface area (Å²) >= 11 is 1.90. The van der Waals surface area contributed by atoms with Crippen molar-refractivity contribution >= 4 is 34.6 Å². The Hall–Kier alpha value is -6.00. The number of aromatic nitrogens is 3. The van der Waals surface area contributed by atoms with Crippen LogP contribution in [0.15, 0.2) is 85.5 Å². The smallest absolute Gasteiger partial charge is 0.347 e. The van der Waals surface area contributed by atoms with E-state index in [2.05, 4.69) is 15.0 Å². The number of fused-ring (bicyclic) bond motifs is 2. The maximum absolute atomic E-state index is 14.0. The summed E-state index contributed by atoms with van der Waals surface area (Å²) in [6.07, 6.45) is 7.02. The second-order valence-electron chi connectivity index (χ2n) is 11.7. The van der Waals surface area contributed by atoms with E-state index in [1.165, 1.54) is 18.5 Å². The quantitative estimate of drug-likeness (QED) is 0.153. The average molecular weight is 762 g/mol. The standard InChI is InChI=1S/C19H13F2NO4S.C18H13FN2O4S/c20-11-2-4-14(21)13(8-11)16-5-1-10-7-12(3-6-15(10)26-16)25-19-22-9-17(27-19)18(23)24;19-12-5-11(7-20-8-12)15-3-1-10-6-13(2-4-14(10)25-15)24-18-21-9-16(26-18)17(22)23/h2-4,6-9,16H,1,5H2,(H,23,24);2,4-9,15H,1,3H2,(H,22,23). The van der Waals surface area contributed by atoms with E-state index in [4.69, 9.17) is 29.2 Å². The van der Waals surface area contributed by atoms with Crippen LogP contribution in [0.3, 0.4) is 0 Å². The summed E-state index contributed by atoms with van der Waals surface area (Å²) in [6, 6.07) is 15.3. The zero-order valence-corrected chi connectivity index (χ0v) is 28.8. The lowest BCUT2D eigenvalue weighted by atomic mass is 9.97. The van der Waals surface area contributed by atoms with E-state index >= 15 is 0 Å². The van der Waals surface area contributed by atoms with Gasteiger partial charge in [0.15, 0.2) is 0 Å². The van der Waals surface area contributed by atoms with Gasteiger partial charge in [-0.15, -0.1) is 0 Å². The van der Waals surface area contributed by atoms with Crippen LogP contribution in [0.5, 0.6) is 33.4 Å². The van der Waals surface area contributed by atoms with Crippen LogP contribution in [0.4, 0.5) is 13.2 Å². The molecular formula is C37H26F3N3O8S2. The van der Waals surface area contributed by atoms with Crippen molar-refractivity contribution in [3.63, 3.8) is 0 Å². The summed E-state index contributed by atoms with van der Waals surface area (Å²) in [6.45, 7) is 0. The summed E-state index contributed by atoms with van der Waals surface area (Å²) in [4.78, 5) is 33.7. The fourth-order valence-electron chi connectivity index (χ4n) is 5.69. The molecule has 8 rings (SSSR count). The first kappa shape index (κ1) is 35.4. The minimum absolute atomic E-state index is 0.0891. The van der Waals surface area contributed by atoms with Gasteiger partial charge in [0.2, 0.25) is 0 Å². The third-order valence-corrected chi connectivity index (χ3v) is 9.88. The molecule has 0 amide bonds. The number of ether oxygens (including phenoxy) is 4. The first-order valence-corrected chi connectivity index (χ1v) is 17.6. The molecular weight excluding hydrogens is 736 g/mol. The second kappa shape index (κ2) is 15.3. The highest BCUT2D eigenvalue weighted by Crippen LogP contribution is 2.40. The van der Waals surface area contributed by atoms with Crippen molar-refractivity contribution in [1.29, 1.82) is 0 Å². The van der Waals surface area contributed by atoms with Gasteiger partial charge in [0, 0.05) is 17.3 Å². The van der Waals surface area contributed by atoms with Gasteiger partial charge in [-0.1, -0.05) is 22.7 Å². The first-order valence-electron chi connectivity index (χ1n) is 16.0. The van der Waals surface area contributed by atoms with Gasteiger partial charge in [0.25, 0.3) is 10.4 Å². The number of aromatic carboxylic acids is 2. The number of carboxylic acids is 2. The molecule has 0 radical (unpaired) electrons. The molecule has 3 aromatic carbocycles. The molecule has 0 bridgehead atoms. The Balaban J connectivity index is 0.000000164. The van der Waals surface area contributed by atoms with Crippen LogP contribution in [0.25, 0.3) is 0 Å². The molecule has 0 saturated carbocycles. The van der Waals surface area contributed by atoms with E-state index in [0.29, 0.717) is 47.8 Å². The highest BCUT2D eigenvalue weighted by molar-refractivity contribution is 7.15. The maximum atomic E-state index is 14.0. The monoisotopic (exact) mass is 761 g/mol. The number of benzene rings is 3. The maximum Gasteiger partial charge on any atom is 0.347 e. The number of pyridine rings is 1. The molecule has 5 heterocycles. The number of halogens is 3. The average Bonchev–Trinajstić information content (AvgIpc) is 3.83.